The van der Waals surface area contributed by atoms with Crippen LogP contribution in [0.3, 0.4) is 0 Å². The van der Waals surface area contributed by atoms with Gasteiger partial charge in [0.2, 0.25) is 0 Å². The Balaban J connectivity index is 1.09. The molecule has 14 aromatic rings. The molecule has 0 aliphatic heterocycles. The van der Waals surface area contributed by atoms with E-state index in [1.807, 2.05) is 0 Å². The number of fused-ring (bicyclic) bond motifs is 3. The Bertz CT molecular complexity index is 4120. The second kappa shape index (κ2) is 12.7. The highest BCUT2D eigenvalue weighted by atomic mass is 14.3. The van der Waals surface area contributed by atoms with Crippen molar-refractivity contribution >= 4 is 97.0 Å². The van der Waals surface area contributed by atoms with Gasteiger partial charge in [0.15, 0.2) is 0 Å². The van der Waals surface area contributed by atoms with Crippen molar-refractivity contribution in [1.29, 1.82) is 0 Å². The molecule has 0 heteroatoms. The van der Waals surface area contributed by atoms with Gasteiger partial charge in [-0.15, -0.1) is 0 Å². The number of benzene rings is 14. The Morgan fingerprint density at radius 2 is 0.565 bits per heavy atom. The van der Waals surface area contributed by atoms with E-state index in [1.165, 1.54) is 141 Å². The molecule has 0 bridgehead atoms. The van der Waals surface area contributed by atoms with Crippen molar-refractivity contribution in [2.45, 2.75) is 0 Å². The van der Waals surface area contributed by atoms with Gasteiger partial charge in [-0.2, -0.15) is 0 Å². The normalized spacial score (nSPS) is 12.2. The lowest BCUT2D eigenvalue weighted by molar-refractivity contribution is 1.63. The summed E-state index contributed by atoms with van der Waals surface area (Å²) in [5.41, 5.74) is 9.97. The van der Waals surface area contributed by atoms with Crippen LogP contribution in [0.5, 0.6) is 0 Å². The first-order valence-electron chi connectivity index (χ1n) is 21.7. The molecule has 0 amide bonds. The summed E-state index contributed by atoms with van der Waals surface area (Å²) >= 11 is 0. The van der Waals surface area contributed by atoms with Crippen LogP contribution in [0.2, 0.25) is 0 Å². The van der Waals surface area contributed by atoms with Crippen LogP contribution in [0.25, 0.3) is 141 Å². The lowest BCUT2D eigenvalue weighted by Crippen LogP contribution is -1.95. The highest BCUT2D eigenvalue weighted by molar-refractivity contribution is 6.29. The first kappa shape index (κ1) is 33.7. The van der Waals surface area contributed by atoms with E-state index in [-0.39, 0.29) is 0 Å². The van der Waals surface area contributed by atoms with Gasteiger partial charge in [-0.25, -0.2) is 0 Å². The molecule has 0 N–H and O–H groups in total. The van der Waals surface area contributed by atoms with Gasteiger partial charge in [0, 0.05) is 0 Å². The fourth-order valence-corrected chi connectivity index (χ4v) is 11.2. The third kappa shape index (κ3) is 4.72. The molecule has 62 heavy (non-hydrogen) atoms. The van der Waals surface area contributed by atoms with Crippen LogP contribution in [0.4, 0.5) is 0 Å². The minimum Gasteiger partial charge on any atom is -0.0616 e. The van der Waals surface area contributed by atoms with Gasteiger partial charge in [0.1, 0.15) is 0 Å². The van der Waals surface area contributed by atoms with E-state index in [1.54, 1.807) is 0 Å². The average Bonchev–Trinajstić information content (AvgIpc) is 3.34. The highest BCUT2D eigenvalue weighted by Gasteiger charge is 2.23. The standard InChI is InChI=1S/C62H36/c1-2-10-44-35-45(24-19-37(44)9-1)56-36-57(51-30-26-43-23-21-39-12-8-14-41-28-32-54(51)61(43)59(39)41)62(52-18-6-5-17-48(52)56)55-34-33-49(46-15-3-4-16-47(46)55)50-29-25-42-22-20-38-11-7-13-40-27-31-53(50)60(42)58(38)40/h1-36H. The number of rotatable bonds is 4. The molecule has 0 saturated heterocycles. The van der Waals surface area contributed by atoms with E-state index in [0.717, 1.165) is 0 Å². The Labute approximate surface area is 358 Å². The van der Waals surface area contributed by atoms with E-state index in [9.17, 15) is 0 Å². The van der Waals surface area contributed by atoms with Crippen LogP contribution >= 0.6 is 0 Å². The Morgan fingerprint density at radius 3 is 1.18 bits per heavy atom. The molecular formula is C62H36. The van der Waals surface area contributed by atoms with Crippen LogP contribution < -0.4 is 0 Å². The lowest BCUT2D eigenvalue weighted by Gasteiger charge is -2.22. The van der Waals surface area contributed by atoms with Crippen LogP contribution in [0.1, 0.15) is 0 Å². The fraction of sp³-hybridized carbons (Fsp3) is 0. The molecule has 0 atom stereocenters. The maximum atomic E-state index is 2.50. The molecule has 0 aromatic heterocycles. The van der Waals surface area contributed by atoms with Crippen molar-refractivity contribution in [3.8, 4) is 44.5 Å². The molecule has 0 fully saturated rings. The number of hydrogen-bond donors (Lipinski definition) is 0. The molecule has 0 aliphatic rings. The summed E-state index contributed by atoms with van der Waals surface area (Å²) in [6.07, 6.45) is 0. The highest BCUT2D eigenvalue weighted by Crippen LogP contribution is 2.50. The van der Waals surface area contributed by atoms with Crippen molar-refractivity contribution in [3.63, 3.8) is 0 Å². The molecule has 0 aliphatic carbocycles. The predicted molar refractivity (Wildman–Crippen MR) is 268 cm³/mol. The lowest BCUT2D eigenvalue weighted by atomic mass is 9.81. The molecule has 0 spiro atoms. The van der Waals surface area contributed by atoms with E-state index < -0.39 is 0 Å². The maximum Gasteiger partial charge on any atom is -0.00199 e. The third-order valence-corrected chi connectivity index (χ3v) is 13.9. The summed E-state index contributed by atoms with van der Waals surface area (Å²) in [6.45, 7) is 0. The summed E-state index contributed by atoms with van der Waals surface area (Å²) in [7, 11) is 0. The van der Waals surface area contributed by atoms with Gasteiger partial charge in [-0.05, 0) is 154 Å². The summed E-state index contributed by atoms with van der Waals surface area (Å²) in [5, 5.41) is 23.1. The molecule has 0 heterocycles. The Morgan fingerprint density at radius 1 is 0.177 bits per heavy atom. The van der Waals surface area contributed by atoms with E-state index in [4.69, 9.17) is 0 Å². The number of hydrogen-bond acceptors (Lipinski definition) is 0. The second-order valence-corrected chi connectivity index (χ2v) is 17.1. The van der Waals surface area contributed by atoms with Gasteiger partial charge in [-0.3, -0.25) is 0 Å². The molecule has 0 radical (unpaired) electrons. The Hall–Kier alpha value is -8.06. The minimum atomic E-state index is 1.22. The zero-order valence-electron chi connectivity index (χ0n) is 33.8. The van der Waals surface area contributed by atoms with E-state index in [2.05, 4.69) is 218 Å². The monoisotopic (exact) mass is 780 g/mol. The van der Waals surface area contributed by atoms with Crippen LogP contribution in [-0.4, -0.2) is 0 Å². The van der Waals surface area contributed by atoms with Crippen LogP contribution in [0.15, 0.2) is 218 Å². The van der Waals surface area contributed by atoms with Crippen molar-refractivity contribution in [2.75, 3.05) is 0 Å². The summed E-state index contributed by atoms with van der Waals surface area (Å²) in [6, 6.07) is 82.2. The van der Waals surface area contributed by atoms with Crippen LogP contribution in [0, 0.1) is 0 Å². The van der Waals surface area contributed by atoms with Gasteiger partial charge in [0.25, 0.3) is 0 Å². The molecule has 14 rings (SSSR count). The van der Waals surface area contributed by atoms with Crippen molar-refractivity contribution in [1.82, 2.24) is 0 Å². The average molecular weight is 781 g/mol. The predicted octanol–water partition coefficient (Wildman–Crippen LogP) is 17.6. The zero-order valence-corrected chi connectivity index (χ0v) is 33.8. The first-order valence-corrected chi connectivity index (χ1v) is 21.7. The van der Waals surface area contributed by atoms with E-state index in [0.29, 0.717) is 0 Å². The van der Waals surface area contributed by atoms with Crippen molar-refractivity contribution < 1.29 is 0 Å². The third-order valence-electron chi connectivity index (χ3n) is 13.9. The molecule has 0 nitrogen and oxygen atoms in total. The topological polar surface area (TPSA) is 0 Å². The van der Waals surface area contributed by atoms with Gasteiger partial charge in [0.05, 0.1) is 0 Å². The van der Waals surface area contributed by atoms with Gasteiger partial charge < -0.3 is 0 Å². The molecular weight excluding hydrogens is 745 g/mol. The van der Waals surface area contributed by atoms with Gasteiger partial charge in [-0.1, -0.05) is 206 Å². The van der Waals surface area contributed by atoms with Crippen molar-refractivity contribution in [2.24, 2.45) is 0 Å². The quantitative estimate of drug-likeness (QED) is 0.156. The second-order valence-electron chi connectivity index (χ2n) is 17.1. The van der Waals surface area contributed by atoms with E-state index >= 15 is 0 Å². The summed E-state index contributed by atoms with van der Waals surface area (Å²) in [5.74, 6) is 0. The van der Waals surface area contributed by atoms with Crippen molar-refractivity contribution in [3.05, 3.63) is 218 Å². The zero-order chi connectivity index (χ0) is 40.5. The molecule has 0 saturated carbocycles. The molecule has 14 aromatic carbocycles. The Kier molecular flexibility index (Phi) is 6.92. The summed E-state index contributed by atoms with van der Waals surface area (Å²) < 4.78 is 0. The van der Waals surface area contributed by atoms with Gasteiger partial charge >= 0.3 is 0 Å². The molecule has 284 valence electrons. The van der Waals surface area contributed by atoms with Crippen LogP contribution in [-0.2, 0) is 0 Å². The SMILES string of the molecule is c1ccc2cc(-c3cc(-c4ccc5ccc6cccc7ccc4c5c67)c(-c4ccc(-c5ccc6ccc7cccc8ccc5c6c78)c5ccccc45)c4ccccc34)ccc2c1. The first-order chi connectivity index (χ1) is 30.7. The largest absolute Gasteiger partial charge is 0.0616 e. The smallest absolute Gasteiger partial charge is 0.00199 e. The maximum absolute atomic E-state index is 2.50. The fourth-order valence-electron chi connectivity index (χ4n) is 11.2. The molecule has 0 unspecified atom stereocenters. The minimum absolute atomic E-state index is 1.22. The summed E-state index contributed by atoms with van der Waals surface area (Å²) in [4.78, 5) is 0.